The van der Waals surface area contributed by atoms with Crippen LogP contribution in [0, 0.1) is 24.8 Å². The van der Waals surface area contributed by atoms with Crippen molar-refractivity contribution in [2.24, 2.45) is 14.1 Å². The number of nitrogens with zero attached hydrogens (tertiary/aromatic N) is 6. The van der Waals surface area contributed by atoms with E-state index in [1.807, 2.05) is 18.2 Å². The van der Waals surface area contributed by atoms with Gasteiger partial charge in [0.05, 0.1) is 30.3 Å². The van der Waals surface area contributed by atoms with Crippen LogP contribution < -0.4 is 14.0 Å². The Morgan fingerprint density at radius 1 is 0.644 bits per heavy atom. The van der Waals surface area contributed by atoms with Gasteiger partial charge in [0, 0.05) is 11.2 Å². The number of aryl methyl sites for hydroxylation is 2. The molecule has 1 spiro atoms. The van der Waals surface area contributed by atoms with Crippen LogP contribution in [0.25, 0.3) is 33.5 Å². The number of hydrogen-bond acceptors (Lipinski definition) is 3. The fourth-order valence-electron chi connectivity index (χ4n) is 9.25. The van der Waals surface area contributed by atoms with Crippen LogP contribution in [0.5, 0.6) is 11.5 Å². The zero-order chi connectivity index (χ0) is 41.5. The van der Waals surface area contributed by atoms with E-state index in [1.54, 1.807) is 11.7 Å². The van der Waals surface area contributed by atoms with Crippen LogP contribution in [0.15, 0.2) is 72.8 Å². The van der Waals surface area contributed by atoms with Crippen molar-refractivity contribution in [2.75, 3.05) is 0 Å². The van der Waals surface area contributed by atoms with Gasteiger partial charge in [-0.2, -0.15) is 22.9 Å². The normalized spacial score (nSPS) is 14.3. The Bertz CT molecular complexity index is 2750. The van der Waals surface area contributed by atoms with Crippen LogP contribution in [0.2, 0.25) is 0 Å². The Morgan fingerprint density at radius 2 is 1.22 bits per heavy atom. The maximum absolute atomic E-state index is 6.63. The third kappa shape index (κ3) is 6.24. The molecule has 5 aromatic carbocycles. The van der Waals surface area contributed by atoms with E-state index in [2.05, 4.69) is 189 Å². The molecule has 2 aliphatic rings. The Morgan fingerprint density at radius 3 is 1.76 bits per heavy atom. The number of imidazole rings is 1. The van der Waals surface area contributed by atoms with Crippen molar-refractivity contribution in [3.05, 3.63) is 142 Å². The van der Waals surface area contributed by atoms with Gasteiger partial charge in [0.2, 0.25) is 6.33 Å². The SMILES string of the molecule is Cn1[c-][n+](-c2[c-]c(Oc3[c-]c4c(cc3)C3(c5c(cc(C(C)(C)C)cc5C(C)(C)C)-c5cc(C(C)(C)C)cc(C(C)(C)C)c53)c3cccc5c3n-4[c-][n+]5C)ccc2)nn1.[Pt+4]. The largest absolute Gasteiger partial charge is 4.00 e. The predicted octanol–water partition coefficient (Wildman–Crippen LogP) is 9.72. The molecule has 0 radical (unpaired) electrons. The number of fused-ring (bicyclic) bond motifs is 9. The van der Waals surface area contributed by atoms with Crippen LogP contribution in [-0.2, 0) is 62.2 Å². The summed E-state index contributed by atoms with van der Waals surface area (Å²) in [4.78, 5) is 0. The standard InChI is InChI=1S/C51H54N6O.Pt/c1-47(2,3)31-23-36-37-24-32(48(4,5)6)26-41(50(10,11)12)45(37)51(44(36)40(25-31)49(7,8)9)38-22-21-35(58-34-18-15-17-33(27-34)57-30-55(14)52-53-57)28-43(38)56-29-54(13)42-20-16-19-39(51)46(42)56;/h15-26H,1-14H3;/q-2;+4. The quantitative estimate of drug-likeness (QED) is 0.131. The molecule has 0 fully saturated rings. The molecule has 0 unspecified atom stereocenters. The zero-order valence-electron chi connectivity index (χ0n) is 36.8. The first kappa shape index (κ1) is 40.9. The van der Waals surface area contributed by atoms with Crippen molar-refractivity contribution < 1.29 is 35.1 Å². The molecule has 2 aromatic heterocycles. The van der Waals surface area contributed by atoms with Crippen molar-refractivity contribution in [3.8, 4) is 34.0 Å². The summed E-state index contributed by atoms with van der Waals surface area (Å²) in [7, 11) is 3.88. The minimum Gasteiger partial charge on any atom is -0.511 e. The van der Waals surface area contributed by atoms with Gasteiger partial charge in [-0.1, -0.05) is 131 Å². The summed E-state index contributed by atoms with van der Waals surface area (Å²) in [6.45, 7) is 28.3. The zero-order valence-corrected chi connectivity index (χ0v) is 39.1. The van der Waals surface area contributed by atoms with E-state index in [0.717, 1.165) is 22.3 Å². The summed E-state index contributed by atoms with van der Waals surface area (Å²) in [5, 5.41) is 8.21. The van der Waals surface area contributed by atoms with Gasteiger partial charge in [0.1, 0.15) is 11.5 Å². The number of aromatic nitrogens is 6. The number of hydrogen-bond donors (Lipinski definition) is 0. The maximum Gasteiger partial charge on any atom is 4.00 e. The van der Waals surface area contributed by atoms with Gasteiger partial charge in [-0.05, 0) is 77.5 Å². The Kier molecular flexibility index (Phi) is 9.23. The summed E-state index contributed by atoms with van der Waals surface area (Å²) in [5.41, 5.74) is 15.9. The topological polar surface area (TPSA) is 52.6 Å². The van der Waals surface area contributed by atoms with Crippen molar-refractivity contribution in [2.45, 2.75) is 110 Å². The summed E-state index contributed by atoms with van der Waals surface area (Å²) in [6.07, 6.45) is 6.74. The summed E-state index contributed by atoms with van der Waals surface area (Å²) >= 11 is 0. The number of rotatable bonds is 3. The van der Waals surface area contributed by atoms with Gasteiger partial charge >= 0.3 is 21.1 Å². The van der Waals surface area contributed by atoms with Crippen LogP contribution in [-0.4, -0.2) is 19.7 Å². The second-order valence-electron chi connectivity index (χ2n) is 20.5. The average Bonchev–Trinajstić information content (AvgIpc) is 3.81. The predicted molar refractivity (Wildman–Crippen MR) is 228 cm³/mol. The van der Waals surface area contributed by atoms with Crippen LogP contribution in [0.1, 0.15) is 128 Å². The molecule has 9 rings (SSSR count). The third-order valence-corrected chi connectivity index (χ3v) is 12.1. The van der Waals surface area contributed by atoms with E-state index >= 15 is 0 Å². The third-order valence-electron chi connectivity index (χ3n) is 12.1. The number of para-hydroxylation sites is 1. The van der Waals surface area contributed by atoms with Crippen LogP contribution >= 0.6 is 0 Å². The minimum atomic E-state index is -0.674. The Balaban J connectivity index is 0.00000484. The molecule has 0 saturated carbocycles. The average molecular weight is 962 g/mol. The van der Waals surface area contributed by atoms with Gasteiger partial charge in [-0.3, -0.25) is 4.68 Å². The van der Waals surface area contributed by atoms with Crippen LogP contribution in [0.3, 0.4) is 0 Å². The van der Waals surface area contributed by atoms with Gasteiger partial charge in [-0.25, -0.2) is 6.07 Å². The first-order valence-electron chi connectivity index (χ1n) is 20.4. The van der Waals surface area contributed by atoms with E-state index in [1.165, 1.54) is 54.8 Å². The summed E-state index contributed by atoms with van der Waals surface area (Å²) in [5.74, 6) is 1.13. The van der Waals surface area contributed by atoms with E-state index in [9.17, 15) is 0 Å². The molecule has 1 aliphatic carbocycles. The van der Waals surface area contributed by atoms with Gasteiger partial charge in [0.25, 0.3) is 0 Å². The summed E-state index contributed by atoms with van der Waals surface area (Å²) < 4.78 is 14.0. The fourth-order valence-corrected chi connectivity index (χ4v) is 9.25. The van der Waals surface area contributed by atoms with E-state index in [0.29, 0.717) is 17.2 Å². The second-order valence-corrected chi connectivity index (χ2v) is 20.5. The Hall–Kier alpha value is -4.87. The molecule has 59 heavy (non-hydrogen) atoms. The Labute approximate surface area is 364 Å². The molecular formula is C51H54N6OPt+2. The van der Waals surface area contributed by atoms with E-state index in [-0.39, 0.29) is 42.7 Å². The second kappa shape index (κ2) is 13.3. The first-order valence-corrected chi connectivity index (χ1v) is 20.4. The van der Waals surface area contributed by atoms with Gasteiger partial charge < -0.3 is 13.9 Å². The molecule has 0 amide bonds. The number of ether oxygens (including phenoxy) is 1. The smallest absolute Gasteiger partial charge is 0.511 e. The van der Waals surface area contributed by atoms with Gasteiger partial charge in [0.15, 0.2) is 0 Å². The van der Waals surface area contributed by atoms with Crippen molar-refractivity contribution in [1.29, 1.82) is 0 Å². The maximum atomic E-state index is 6.63. The molecule has 302 valence electrons. The van der Waals surface area contributed by atoms with Crippen LogP contribution in [0.4, 0.5) is 0 Å². The van der Waals surface area contributed by atoms with E-state index in [4.69, 9.17) is 4.74 Å². The molecule has 3 heterocycles. The minimum absolute atomic E-state index is 0. The monoisotopic (exact) mass is 961 g/mol. The molecule has 0 atom stereocenters. The van der Waals surface area contributed by atoms with Gasteiger partial charge in [-0.15, -0.1) is 29.4 Å². The molecule has 7 aromatic rings. The number of tetrazole rings is 1. The molecule has 7 nitrogen and oxygen atoms in total. The fraction of sp³-hybridized carbons (Fsp3) is 0.373. The summed E-state index contributed by atoms with van der Waals surface area (Å²) in [6, 6.07) is 34.2. The van der Waals surface area contributed by atoms with E-state index < -0.39 is 5.41 Å². The molecule has 1 aliphatic heterocycles. The molecular weight excluding hydrogens is 908 g/mol. The molecule has 0 saturated heterocycles. The van der Waals surface area contributed by atoms with Crippen molar-refractivity contribution >= 4 is 11.0 Å². The molecule has 0 N–H and O–H groups in total. The number of benzene rings is 5. The van der Waals surface area contributed by atoms with Crippen molar-refractivity contribution in [1.82, 2.24) is 19.7 Å². The van der Waals surface area contributed by atoms with Crippen molar-refractivity contribution in [3.63, 3.8) is 0 Å². The first-order chi connectivity index (χ1) is 27.1. The molecule has 8 heteroatoms. The molecule has 0 bridgehead atoms.